The Balaban J connectivity index is 1.73. The highest BCUT2D eigenvalue weighted by molar-refractivity contribution is 5.45. The number of piperidine rings is 1. The maximum Gasteiger partial charge on any atom is 0.131 e. The lowest BCUT2D eigenvalue weighted by Crippen LogP contribution is -2.35. The predicted molar refractivity (Wildman–Crippen MR) is 70.3 cm³/mol. The normalized spacial score (nSPS) is 19.9. The van der Waals surface area contributed by atoms with Crippen molar-refractivity contribution >= 4 is 11.6 Å². The minimum absolute atomic E-state index is 0.668. The topological polar surface area (TPSA) is 61.9 Å². The van der Waals surface area contributed by atoms with E-state index in [2.05, 4.69) is 25.9 Å². The number of hydrogen-bond acceptors (Lipinski definition) is 5. The quantitative estimate of drug-likeness (QED) is 0.721. The molecule has 0 aliphatic carbocycles. The fourth-order valence-corrected chi connectivity index (χ4v) is 2.14. The number of aromatic nitrogens is 2. The van der Waals surface area contributed by atoms with Gasteiger partial charge in [0, 0.05) is 25.7 Å². The maximum atomic E-state index is 4.19. The van der Waals surface area contributed by atoms with Crippen molar-refractivity contribution in [3.63, 3.8) is 0 Å². The average molecular weight is 235 g/mol. The summed E-state index contributed by atoms with van der Waals surface area (Å²) in [4.78, 5) is 8.27. The molecule has 0 radical (unpaired) electrons. The third kappa shape index (κ3) is 3.85. The molecular weight excluding hydrogens is 214 g/mol. The lowest BCUT2D eigenvalue weighted by molar-refractivity contribution is 0.389. The first-order chi connectivity index (χ1) is 8.38. The second-order valence-corrected chi connectivity index (χ2v) is 4.40. The van der Waals surface area contributed by atoms with Crippen LogP contribution in [-0.2, 0) is 0 Å². The molecular formula is C12H21N5. The highest BCUT2D eigenvalue weighted by atomic mass is 15.1. The summed E-state index contributed by atoms with van der Waals surface area (Å²) in [6.45, 7) is 2.12. The van der Waals surface area contributed by atoms with Crippen molar-refractivity contribution in [1.29, 1.82) is 0 Å². The molecule has 1 aromatic rings. The van der Waals surface area contributed by atoms with E-state index in [-0.39, 0.29) is 0 Å². The van der Waals surface area contributed by atoms with Crippen LogP contribution in [0.25, 0.3) is 0 Å². The van der Waals surface area contributed by atoms with Crippen molar-refractivity contribution in [3.8, 4) is 0 Å². The zero-order chi connectivity index (χ0) is 11.9. The molecule has 1 atom stereocenters. The van der Waals surface area contributed by atoms with Gasteiger partial charge in [-0.3, -0.25) is 0 Å². The molecule has 2 heterocycles. The van der Waals surface area contributed by atoms with Gasteiger partial charge in [0.25, 0.3) is 0 Å². The van der Waals surface area contributed by atoms with Gasteiger partial charge in [0.05, 0.1) is 0 Å². The van der Waals surface area contributed by atoms with E-state index >= 15 is 0 Å². The van der Waals surface area contributed by atoms with E-state index in [9.17, 15) is 0 Å². The Morgan fingerprint density at radius 3 is 3.00 bits per heavy atom. The summed E-state index contributed by atoms with van der Waals surface area (Å²) in [6.07, 6.45) is 6.70. The summed E-state index contributed by atoms with van der Waals surface area (Å²) in [5.41, 5.74) is 0. The predicted octanol–water partition coefficient (Wildman–Crippen LogP) is 1.46. The smallest absolute Gasteiger partial charge is 0.131 e. The molecule has 1 saturated heterocycles. The van der Waals surface area contributed by atoms with Crippen molar-refractivity contribution in [2.45, 2.75) is 31.7 Å². The van der Waals surface area contributed by atoms with E-state index in [1.54, 1.807) is 6.33 Å². The summed E-state index contributed by atoms with van der Waals surface area (Å²) in [7, 11) is 1.86. The zero-order valence-electron chi connectivity index (χ0n) is 10.4. The summed E-state index contributed by atoms with van der Waals surface area (Å²) in [6, 6.07) is 2.59. The van der Waals surface area contributed by atoms with Crippen LogP contribution in [0.3, 0.4) is 0 Å². The molecule has 1 aliphatic heterocycles. The largest absolute Gasteiger partial charge is 0.373 e. The summed E-state index contributed by atoms with van der Waals surface area (Å²) in [5.74, 6) is 1.73. The maximum absolute atomic E-state index is 4.19. The number of hydrogen-bond donors (Lipinski definition) is 3. The molecule has 17 heavy (non-hydrogen) atoms. The number of nitrogens with zero attached hydrogens (tertiary/aromatic N) is 2. The number of anilines is 2. The second-order valence-electron chi connectivity index (χ2n) is 4.40. The van der Waals surface area contributed by atoms with Crippen LogP contribution in [0.15, 0.2) is 12.4 Å². The number of rotatable bonds is 5. The Kier molecular flexibility index (Phi) is 4.55. The van der Waals surface area contributed by atoms with Crippen LogP contribution in [0.1, 0.15) is 25.7 Å². The minimum Gasteiger partial charge on any atom is -0.373 e. The molecule has 3 N–H and O–H groups in total. The van der Waals surface area contributed by atoms with Gasteiger partial charge in [0.1, 0.15) is 18.0 Å². The van der Waals surface area contributed by atoms with Gasteiger partial charge in [-0.1, -0.05) is 6.42 Å². The molecule has 1 aromatic heterocycles. The molecule has 0 aromatic carbocycles. The van der Waals surface area contributed by atoms with Gasteiger partial charge in [0.2, 0.25) is 0 Å². The van der Waals surface area contributed by atoms with Crippen LogP contribution >= 0.6 is 0 Å². The van der Waals surface area contributed by atoms with Gasteiger partial charge in [-0.25, -0.2) is 9.97 Å². The molecule has 0 amide bonds. The first-order valence-corrected chi connectivity index (χ1v) is 6.35. The molecule has 94 valence electrons. The first kappa shape index (κ1) is 12.1. The van der Waals surface area contributed by atoms with Crippen molar-refractivity contribution in [1.82, 2.24) is 15.3 Å². The van der Waals surface area contributed by atoms with E-state index in [4.69, 9.17) is 0 Å². The van der Waals surface area contributed by atoms with Crippen molar-refractivity contribution in [3.05, 3.63) is 12.4 Å². The fourth-order valence-electron chi connectivity index (χ4n) is 2.14. The first-order valence-electron chi connectivity index (χ1n) is 6.35. The minimum atomic E-state index is 0.668. The molecule has 0 spiro atoms. The van der Waals surface area contributed by atoms with Crippen LogP contribution in [0, 0.1) is 0 Å². The van der Waals surface area contributed by atoms with Crippen molar-refractivity contribution < 1.29 is 0 Å². The van der Waals surface area contributed by atoms with Crippen LogP contribution in [-0.4, -0.2) is 36.1 Å². The highest BCUT2D eigenvalue weighted by Crippen LogP contribution is 2.11. The molecule has 5 nitrogen and oxygen atoms in total. The summed E-state index contributed by atoms with van der Waals surface area (Å²) >= 11 is 0. The Morgan fingerprint density at radius 2 is 2.24 bits per heavy atom. The second kappa shape index (κ2) is 6.39. The average Bonchev–Trinajstić information content (AvgIpc) is 2.40. The van der Waals surface area contributed by atoms with Crippen molar-refractivity contribution in [2.75, 3.05) is 30.8 Å². The highest BCUT2D eigenvalue weighted by Gasteiger charge is 2.11. The van der Waals surface area contributed by atoms with Gasteiger partial charge in [-0.05, 0) is 25.8 Å². The molecule has 1 unspecified atom stereocenters. The van der Waals surface area contributed by atoms with E-state index in [1.165, 1.54) is 25.8 Å². The molecule has 5 heteroatoms. The van der Waals surface area contributed by atoms with Crippen LogP contribution < -0.4 is 16.0 Å². The molecule has 0 bridgehead atoms. The van der Waals surface area contributed by atoms with Crippen LogP contribution in [0.5, 0.6) is 0 Å². The lowest BCUT2D eigenvalue weighted by atomic mass is 10.0. The lowest BCUT2D eigenvalue weighted by Gasteiger charge is -2.23. The number of nitrogens with one attached hydrogen (secondary N) is 3. The van der Waals surface area contributed by atoms with Gasteiger partial charge < -0.3 is 16.0 Å². The molecule has 1 fully saturated rings. The van der Waals surface area contributed by atoms with Gasteiger partial charge in [-0.2, -0.15) is 0 Å². The van der Waals surface area contributed by atoms with E-state index in [0.717, 1.165) is 24.6 Å². The molecule has 0 saturated carbocycles. The Hall–Kier alpha value is -1.36. The van der Waals surface area contributed by atoms with Crippen molar-refractivity contribution in [2.24, 2.45) is 0 Å². The molecule has 2 rings (SSSR count). The van der Waals surface area contributed by atoms with Gasteiger partial charge in [0.15, 0.2) is 0 Å². The van der Waals surface area contributed by atoms with E-state index < -0.39 is 0 Å². The van der Waals surface area contributed by atoms with Gasteiger partial charge in [-0.15, -0.1) is 0 Å². The van der Waals surface area contributed by atoms with Crippen LogP contribution in [0.2, 0.25) is 0 Å². The third-order valence-electron chi connectivity index (χ3n) is 3.13. The van der Waals surface area contributed by atoms with E-state index in [0.29, 0.717) is 6.04 Å². The van der Waals surface area contributed by atoms with Gasteiger partial charge >= 0.3 is 0 Å². The fraction of sp³-hybridized carbons (Fsp3) is 0.667. The summed E-state index contributed by atoms with van der Waals surface area (Å²) in [5, 5.41) is 9.88. The SMILES string of the molecule is CNc1cc(NCCC2CCCCN2)ncn1. The summed E-state index contributed by atoms with van der Waals surface area (Å²) < 4.78 is 0. The monoisotopic (exact) mass is 235 g/mol. The third-order valence-corrected chi connectivity index (χ3v) is 3.13. The van der Waals surface area contributed by atoms with Crippen LogP contribution in [0.4, 0.5) is 11.6 Å². The van der Waals surface area contributed by atoms with E-state index in [1.807, 2.05) is 13.1 Å². The molecule has 1 aliphatic rings. The Morgan fingerprint density at radius 1 is 1.35 bits per heavy atom. The Labute approximate surface area is 102 Å². The Bertz CT molecular complexity index is 335. The standard InChI is InChI=1S/C12H21N5/c1-13-11-8-12(17-9-16-11)15-7-5-10-4-2-3-6-14-10/h8-10,14H,2-7H2,1H3,(H2,13,15,16,17). The zero-order valence-corrected chi connectivity index (χ0v) is 10.4.